The molecular weight excluding hydrogens is 502 g/mol. The molecule has 0 spiro atoms. The molecule has 0 fully saturated rings. The van der Waals surface area contributed by atoms with E-state index in [1.54, 1.807) is 31.3 Å². The van der Waals surface area contributed by atoms with Crippen LogP contribution in [0.15, 0.2) is 100 Å². The molecule has 0 unspecified atom stereocenters. The first-order valence-electron chi connectivity index (χ1n) is 10.8. The Morgan fingerprint density at radius 1 is 1.17 bits per heavy atom. The highest BCUT2D eigenvalue weighted by molar-refractivity contribution is 7.92. The molecule has 10 heteroatoms. The standard InChI is InChI=1S/C26H26ClN3O5S/c1-17(2)5-6-18(16-29-32)24(31)22-15-20(27)9-12-23(22)30-36(33,34)21-10-7-19(8-11-21)26(3,4)25-28-13-14-35-25/h5-16,29-30,32H,1H2,2-4H3/b6-5-,18-16+. The highest BCUT2D eigenvalue weighted by Crippen LogP contribution is 2.31. The van der Waals surface area contributed by atoms with Crippen LogP contribution in [-0.2, 0) is 15.4 Å². The predicted molar refractivity (Wildman–Crippen MR) is 139 cm³/mol. The van der Waals surface area contributed by atoms with Crippen LogP contribution >= 0.6 is 11.6 Å². The molecule has 0 aliphatic heterocycles. The Balaban J connectivity index is 1.94. The number of oxazole rings is 1. The van der Waals surface area contributed by atoms with Crippen LogP contribution in [0.1, 0.15) is 42.6 Å². The third kappa shape index (κ3) is 6.12. The van der Waals surface area contributed by atoms with Crippen molar-refractivity contribution in [1.82, 2.24) is 10.5 Å². The van der Waals surface area contributed by atoms with Crippen molar-refractivity contribution in [3.63, 3.8) is 0 Å². The SMILES string of the molecule is C=C(C)/C=C\C(=C/NO)C(=O)c1cc(Cl)ccc1NS(=O)(=O)c1ccc(C(C)(C)c2ncco2)cc1. The summed E-state index contributed by atoms with van der Waals surface area (Å²) < 4.78 is 34.3. The number of carbonyl (C=O) groups is 1. The zero-order valence-electron chi connectivity index (χ0n) is 19.9. The lowest BCUT2D eigenvalue weighted by Gasteiger charge is -2.21. The Bertz CT molecular complexity index is 1420. The summed E-state index contributed by atoms with van der Waals surface area (Å²) in [5, 5.41) is 9.35. The van der Waals surface area contributed by atoms with E-state index < -0.39 is 21.2 Å². The van der Waals surface area contributed by atoms with Gasteiger partial charge in [0.15, 0.2) is 5.78 Å². The van der Waals surface area contributed by atoms with E-state index in [1.165, 1.54) is 42.7 Å². The average molecular weight is 528 g/mol. The number of benzene rings is 2. The fourth-order valence-corrected chi connectivity index (χ4v) is 4.60. The second kappa shape index (κ2) is 10.9. The number of hydrogen-bond donors (Lipinski definition) is 3. The molecule has 0 saturated carbocycles. The van der Waals surface area contributed by atoms with Crippen LogP contribution in [0.5, 0.6) is 0 Å². The normalized spacial score (nSPS) is 12.5. The monoisotopic (exact) mass is 527 g/mol. The van der Waals surface area contributed by atoms with Gasteiger partial charge in [-0.3, -0.25) is 20.2 Å². The first-order valence-corrected chi connectivity index (χ1v) is 12.6. The molecule has 3 N–H and O–H groups in total. The van der Waals surface area contributed by atoms with E-state index in [2.05, 4.69) is 16.3 Å². The van der Waals surface area contributed by atoms with E-state index in [9.17, 15) is 13.2 Å². The number of nitrogens with zero attached hydrogens (tertiary/aromatic N) is 1. The fourth-order valence-electron chi connectivity index (χ4n) is 3.35. The molecule has 0 amide bonds. The van der Waals surface area contributed by atoms with Gasteiger partial charge in [0.25, 0.3) is 10.0 Å². The molecule has 36 heavy (non-hydrogen) atoms. The average Bonchev–Trinajstić information content (AvgIpc) is 3.38. The number of halogens is 1. The molecule has 0 atom stereocenters. The van der Waals surface area contributed by atoms with Gasteiger partial charge >= 0.3 is 0 Å². The molecule has 2 aromatic carbocycles. The molecule has 0 radical (unpaired) electrons. The molecule has 8 nitrogen and oxygen atoms in total. The number of carbonyl (C=O) groups excluding carboxylic acids is 1. The van der Waals surface area contributed by atoms with E-state index in [0.29, 0.717) is 11.5 Å². The third-order valence-electron chi connectivity index (χ3n) is 5.35. The summed E-state index contributed by atoms with van der Waals surface area (Å²) in [6.07, 6.45) is 7.14. The van der Waals surface area contributed by atoms with E-state index >= 15 is 0 Å². The molecule has 3 rings (SSSR count). The molecule has 3 aromatic rings. The van der Waals surface area contributed by atoms with Gasteiger partial charge in [0.1, 0.15) is 6.26 Å². The van der Waals surface area contributed by atoms with Gasteiger partial charge < -0.3 is 4.42 Å². The molecule has 0 saturated heterocycles. The number of rotatable bonds is 10. The quantitative estimate of drug-likeness (QED) is 0.135. The maximum Gasteiger partial charge on any atom is 0.261 e. The van der Waals surface area contributed by atoms with Crippen molar-refractivity contribution in [2.24, 2.45) is 0 Å². The van der Waals surface area contributed by atoms with Crippen molar-refractivity contribution in [2.75, 3.05) is 4.72 Å². The molecule has 0 aliphatic rings. The molecular formula is C26H26ClN3O5S. The number of allylic oxidation sites excluding steroid dienone is 4. The summed E-state index contributed by atoms with van der Waals surface area (Å²) >= 11 is 6.10. The maximum atomic E-state index is 13.2. The Kier molecular flexibility index (Phi) is 8.19. The minimum atomic E-state index is -4.06. The molecule has 1 aromatic heterocycles. The van der Waals surface area contributed by atoms with Crippen molar-refractivity contribution in [2.45, 2.75) is 31.1 Å². The third-order valence-corrected chi connectivity index (χ3v) is 6.97. The van der Waals surface area contributed by atoms with Gasteiger partial charge in [0.05, 0.1) is 22.2 Å². The number of hydroxylamine groups is 1. The van der Waals surface area contributed by atoms with Crippen molar-refractivity contribution >= 4 is 33.1 Å². The van der Waals surface area contributed by atoms with Crippen molar-refractivity contribution in [1.29, 1.82) is 0 Å². The van der Waals surface area contributed by atoms with Crippen LogP contribution in [0, 0.1) is 0 Å². The Labute approximate surface area is 215 Å². The van der Waals surface area contributed by atoms with Gasteiger partial charge in [0, 0.05) is 22.4 Å². The lowest BCUT2D eigenvalue weighted by molar-refractivity contribution is 0.103. The zero-order valence-corrected chi connectivity index (χ0v) is 21.5. The summed E-state index contributed by atoms with van der Waals surface area (Å²) in [5.74, 6) is -0.0697. The Hall–Kier alpha value is -3.66. The van der Waals surface area contributed by atoms with Gasteiger partial charge in [0.2, 0.25) is 5.89 Å². The van der Waals surface area contributed by atoms with Gasteiger partial charge in [-0.05, 0) is 62.7 Å². The number of aromatic nitrogens is 1. The van der Waals surface area contributed by atoms with Crippen LogP contribution in [0.25, 0.3) is 0 Å². The lowest BCUT2D eigenvalue weighted by Crippen LogP contribution is -2.20. The Morgan fingerprint density at radius 3 is 2.44 bits per heavy atom. The molecule has 0 aliphatic carbocycles. The van der Waals surface area contributed by atoms with E-state index in [0.717, 1.165) is 11.8 Å². The predicted octanol–water partition coefficient (Wildman–Crippen LogP) is 5.63. The van der Waals surface area contributed by atoms with Crippen LogP contribution in [0.2, 0.25) is 5.02 Å². The summed E-state index contributed by atoms with van der Waals surface area (Å²) in [6, 6.07) is 10.5. The largest absolute Gasteiger partial charge is 0.448 e. The van der Waals surface area contributed by atoms with Gasteiger partial charge in [-0.25, -0.2) is 13.4 Å². The van der Waals surface area contributed by atoms with Crippen molar-refractivity contribution in [3.05, 3.63) is 113 Å². The van der Waals surface area contributed by atoms with Crippen molar-refractivity contribution in [3.8, 4) is 0 Å². The van der Waals surface area contributed by atoms with Crippen molar-refractivity contribution < 1.29 is 22.8 Å². The number of sulfonamides is 1. The van der Waals surface area contributed by atoms with Gasteiger partial charge in [-0.2, -0.15) is 0 Å². The highest BCUT2D eigenvalue weighted by Gasteiger charge is 2.28. The van der Waals surface area contributed by atoms with E-state index in [1.807, 2.05) is 19.3 Å². The minimum Gasteiger partial charge on any atom is -0.448 e. The summed E-state index contributed by atoms with van der Waals surface area (Å²) in [5.41, 5.74) is 2.83. The van der Waals surface area contributed by atoms with Gasteiger partial charge in [-0.1, -0.05) is 42.0 Å². The van der Waals surface area contributed by atoms with Crippen LogP contribution in [0.3, 0.4) is 0 Å². The zero-order chi connectivity index (χ0) is 26.5. The topological polar surface area (TPSA) is 122 Å². The molecule has 0 bridgehead atoms. The molecule has 188 valence electrons. The number of anilines is 1. The minimum absolute atomic E-state index is 0.000544. The summed E-state index contributed by atoms with van der Waals surface area (Å²) in [7, 11) is -4.06. The fraction of sp³-hybridized carbons (Fsp3) is 0.154. The van der Waals surface area contributed by atoms with Crippen LogP contribution in [0.4, 0.5) is 5.69 Å². The van der Waals surface area contributed by atoms with E-state index in [4.69, 9.17) is 21.2 Å². The highest BCUT2D eigenvalue weighted by atomic mass is 35.5. The summed E-state index contributed by atoms with van der Waals surface area (Å²) in [6.45, 7) is 9.31. The smallest absolute Gasteiger partial charge is 0.261 e. The first kappa shape index (κ1) is 26.9. The lowest BCUT2D eigenvalue weighted by atomic mass is 9.84. The second-order valence-corrected chi connectivity index (χ2v) is 10.6. The van der Waals surface area contributed by atoms with Gasteiger partial charge in [-0.15, -0.1) is 0 Å². The maximum absolute atomic E-state index is 13.2. The molecule has 1 heterocycles. The first-order chi connectivity index (χ1) is 17.0. The Morgan fingerprint density at radius 2 is 1.86 bits per heavy atom. The number of Topliss-reactive ketones (excluding diaryl/α,β-unsaturated/α-hetero) is 1. The number of hydrogen-bond acceptors (Lipinski definition) is 7. The van der Waals surface area contributed by atoms with Crippen LogP contribution < -0.4 is 10.2 Å². The van der Waals surface area contributed by atoms with Crippen LogP contribution in [-0.4, -0.2) is 24.4 Å². The second-order valence-electron chi connectivity index (χ2n) is 8.52. The summed E-state index contributed by atoms with van der Waals surface area (Å²) in [4.78, 5) is 17.4. The number of nitrogens with one attached hydrogen (secondary N) is 2. The number of ketones is 1. The van der Waals surface area contributed by atoms with E-state index in [-0.39, 0.29) is 26.7 Å².